The second-order valence-corrected chi connectivity index (χ2v) is 6.80. The molecule has 108 valence electrons. The Hall–Kier alpha value is -1.10. The van der Waals surface area contributed by atoms with Gasteiger partial charge in [-0.1, -0.05) is 27.7 Å². The first-order valence-corrected chi connectivity index (χ1v) is 6.71. The SMILES string of the molecule is COC(=O)C1CC(O)CN1C(=O)C1C(C)(C)C1(C)C. The number of nitrogens with zero attached hydrogens (tertiary/aromatic N) is 1. The van der Waals surface area contributed by atoms with E-state index in [1.54, 1.807) is 0 Å². The van der Waals surface area contributed by atoms with Gasteiger partial charge in [0.15, 0.2) is 0 Å². The molecule has 2 unspecified atom stereocenters. The molecule has 2 atom stereocenters. The zero-order valence-electron chi connectivity index (χ0n) is 12.3. The molecule has 5 heteroatoms. The standard InChI is InChI=1S/C14H23NO4/c1-13(2)10(14(13,3)4)11(17)15-7-8(16)6-9(15)12(18)19-5/h8-10,16H,6-7H2,1-5H3. The van der Waals surface area contributed by atoms with E-state index in [2.05, 4.69) is 27.7 Å². The highest BCUT2D eigenvalue weighted by Gasteiger charge is 2.69. The van der Waals surface area contributed by atoms with Gasteiger partial charge in [0.05, 0.1) is 13.2 Å². The lowest BCUT2D eigenvalue weighted by molar-refractivity contribution is -0.151. The topological polar surface area (TPSA) is 66.8 Å². The number of likely N-dealkylation sites (tertiary alicyclic amines) is 1. The molecule has 0 aromatic rings. The van der Waals surface area contributed by atoms with Crippen molar-refractivity contribution in [2.45, 2.75) is 46.3 Å². The summed E-state index contributed by atoms with van der Waals surface area (Å²) in [6.07, 6.45) is -0.371. The second kappa shape index (κ2) is 4.20. The van der Waals surface area contributed by atoms with Crippen LogP contribution in [0.1, 0.15) is 34.1 Å². The van der Waals surface area contributed by atoms with Crippen LogP contribution in [-0.2, 0) is 14.3 Å². The number of esters is 1. The third kappa shape index (κ3) is 1.95. The molecule has 0 radical (unpaired) electrons. The maximum Gasteiger partial charge on any atom is 0.328 e. The van der Waals surface area contributed by atoms with Crippen LogP contribution in [0.2, 0.25) is 0 Å². The van der Waals surface area contributed by atoms with Crippen LogP contribution in [0.15, 0.2) is 0 Å². The van der Waals surface area contributed by atoms with Crippen LogP contribution >= 0.6 is 0 Å². The van der Waals surface area contributed by atoms with Gasteiger partial charge >= 0.3 is 5.97 Å². The van der Waals surface area contributed by atoms with Crippen LogP contribution in [0, 0.1) is 16.7 Å². The molecule has 0 spiro atoms. The molecule has 2 rings (SSSR count). The number of aliphatic hydroxyl groups excluding tert-OH is 1. The summed E-state index contributed by atoms with van der Waals surface area (Å²) in [5, 5.41) is 9.72. The van der Waals surface area contributed by atoms with Crippen LogP contribution in [0.25, 0.3) is 0 Å². The normalized spacial score (nSPS) is 32.2. The fourth-order valence-corrected chi connectivity index (χ4v) is 3.40. The minimum absolute atomic E-state index is 0.0399. The van der Waals surface area contributed by atoms with Gasteiger partial charge in [0.25, 0.3) is 0 Å². The molecule has 1 saturated carbocycles. The Morgan fingerprint density at radius 2 is 1.74 bits per heavy atom. The van der Waals surface area contributed by atoms with Gasteiger partial charge in [-0.05, 0) is 10.8 Å². The Kier molecular flexibility index (Phi) is 3.16. The lowest BCUT2D eigenvalue weighted by Crippen LogP contribution is -2.43. The number of aliphatic hydroxyl groups is 1. The fraction of sp³-hybridized carbons (Fsp3) is 0.857. The summed E-state index contributed by atoms with van der Waals surface area (Å²) in [7, 11) is 1.31. The third-order valence-corrected chi connectivity index (χ3v) is 5.30. The molecule has 1 amide bonds. The summed E-state index contributed by atoms with van der Waals surface area (Å²) >= 11 is 0. The molecule has 2 fully saturated rings. The molecule has 1 aliphatic heterocycles. The van der Waals surface area contributed by atoms with Crippen molar-refractivity contribution < 1.29 is 19.4 Å². The number of ether oxygens (including phenoxy) is 1. The Balaban J connectivity index is 2.17. The van der Waals surface area contributed by atoms with Crippen LogP contribution in [0.3, 0.4) is 0 Å². The summed E-state index contributed by atoms with van der Waals surface area (Å²) in [6.45, 7) is 8.48. The minimum Gasteiger partial charge on any atom is -0.467 e. The molecular weight excluding hydrogens is 246 g/mol. The van der Waals surface area contributed by atoms with Crippen molar-refractivity contribution in [1.29, 1.82) is 0 Å². The van der Waals surface area contributed by atoms with Crippen molar-refractivity contribution in [3.63, 3.8) is 0 Å². The van der Waals surface area contributed by atoms with Crippen molar-refractivity contribution in [3.8, 4) is 0 Å². The molecule has 0 bridgehead atoms. The number of carbonyl (C=O) groups is 2. The molecule has 1 N–H and O–H groups in total. The molecule has 19 heavy (non-hydrogen) atoms. The van der Waals surface area contributed by atoms with E-state index in [4.69, 9.17) is 4.74 Å². The number of hydrogen-bond donors (Lipinski definition) is 1. The lowest BCUT2D eigenvalue weighted by Gasteiger charge is -2.23. The van der Waals surface area contributed by atoms with E-state index in [9.17, 15) is 14.7 Å². The number of methoxy groups -OCH3 is 1. The van der Waals surface area contributed by atoms with E-state index >= 15 is 0 Å². The number of carbonyl (C=O) groups excluding carboxylic acids is 2. The molecule has 1 heterocycles. The third-order valence-electron chi connectivity index (χ3n) is 5.30. The predicted octanol–water partition coefficient (Wildman–Crippen LogP) is 0.803. The highest BCUT2D eigenvalue weighted by Crippen LogP contribution is 2.69. The first-order valence-electron chi connectivity index (χ1n) is 6.71. The number of rotatable bonds is 2. The monoisotopic (exact) mass is 269 g/mol. The molecule has 0 aromatic carbocycles. The predicted molar refractivity (Wildman–Crippen MR) is 69.2 cm³/mol. The van der Waals surface area contributed by atoms with Gasteiger partial charge in [0.2, 0.25) is 5.91 Å². The summed E-state index contributed by atoms with van der Waals surface area (Å²) in [6, 6.07) is -0.639. The Morgan fingerprint density at radius 1 is 1.21 bits per heavy atom. The van der Waals surface area contributed by atoms with E-state index in [0.717, 1.165) is 0 Å². The molecular formula is C14H23NO4. The molecule has 2 aliphatic rings. The number of hydrogen-bond acceptors (Lipinski definition) is 4. The zero-order chi connectivity index (χ0) is 14.6. The lowest BCUT2D eigenvalue weighted by atomic mass is 10.0. The zero-order valence-corrected chi connectivity index (χ0v) is 12.3. The summed E-state index contributed by atoms with van der Waals surface area (Å²) < 4.78 is 4.72. The Labute approximate surface area is 113 Å². The van der Waals surface area contributed by atoms with Crippen LogP contribution in [-0.4, -0.2) is 47.7 Å². The Morgan fingerprint density at radius 3 is 2.16 bits per heavy atom. The maximum atomic E-state index is 12.6. The van der Waals surface area contributed by atoms with Gasteiger partial charge in [-0.15, -0.1) is 0 Å². The average molecular weight is 269 g/mol. The van der Waals surface area contributed by atoms with Gasteiger partial charge < -0.3 is 14.7 Å². The van der Waals surface area contributed by atoms with E-state index in [0.29, 0.717) is 0 Å². The maximum absolute atomic E-state index is 12.6. The van der Waals surface area contributed by atoms with Gasteiger partial charge in [0.1, 0.15) is 6.04 Å². The van der Waals surface area contributed by atoms with Crippen molar-refractivity contribution >= 4 is 11.9 Å². The van der Waals surface area contributed by atoms with Crippen LogP contribution in [0.5, 0.6) is 0 Å². The highest BCUT2D eigenvalue weighted by atomic mass is 16.5. The second-order valence-electron chi connectivity index (χ2n) is 6.80. The van der Waals surface area contributed by atoms with Crippen molar-refractivity contribution in [1.82, 2.24) is 4.90 Å². The quantitative estimate of drug-likeness (QED) is 0.753. The average Bonchev–Trinajstić information content (AvgIpc) is 2.64. The van der Waals surface area contributed by atoms with E-state index in [-0.39, 0.29) is 35.6 Å². The van der Waals surface area contributed by atoms with Crippen molar-refractivity contribution in [2.24, 2.45) is 16.7 Å². The number of β-amino-alcohol motifs (C(OH)–C–C–N with tert-alkyl or cyclic N) is 1. The Bertz CT molecular complexity index is 402. The molecule has 1 saturated heterocycles. The smallest absolute Gasteiger partial charge is 0.328 e. The highest BCUT2D eigenvalue weighted by molar-refractivity contribution is 5.89. The molecule has 0 aromatic heterocycles. The molecule has 1 aliphatic carbocycles. The van der Waals surface area contributed by atoms with Gasteiger partial charge in [0, 0.05) is 18.9 Å². The van der Waals surface area contributed by atoms with Crippen molar-refractivity contribution in [3.05, 3.63) is 0 Å². The summed E-state index contributed by atoms with van der Waals surface area (Å²) in [5.74, 6) is -0.583. The van der Waals surface area contributed by atoms with E-state index in [1.165, 1.54) is 12.0 Å². The van der Waals surface area contributed by atoms with E-state index in [1.807, 2.05) is 0 Å². The minimum atomic E-state index is -0.641. The first-order chi connectivity index (χ1) is 8.64. The van der Waals surface area contributed by atoms with Crippen LogP contribution in [0.4, 0.5) is 0 Å². The van der Waals surface area contributed by atoms with E-state index < -0.39 is 18.1 Å². The summed E-state index contributed by atoms with van der Waals surface area (Å²) in [5.41, 5.74) is -0.142. The largest absolute Gasteiger partial charge is 0.467 e. The fourth-order valence-electron chi connectivity index (χ4n) is 3.40. The number of amides is 1. The van der Waals surface area contributed by atoms with Gasteiger partial charge in [-0.3, -0.25) is 4.79 Å². The summed E-state index contributed by atoms with van der Waals surface area (Å²) in [4.78, 5) is 25.8. The van der Waals surface area contributed by atoms with Crippen LogP contribution < -0.4 is 0 Å². The van der Waals surface area contributed by atoms with Gasteiger partial charge in [-0.2, -0.15) is 0 Å². The molecule has 5 nitrogen and oxygen atoms in total. The first kappa shape index (κ1) is 14.3. The van der Waals surface area contributed by atoms with Gasteiger partial charge in [-0.25, -0.2) is 4.79 Å². The van der Waals surface area contributed by atoms with Crippen molar-refractivity contribution in [2.75, 3.05) is 13.7 Å².